The first-order valence-corrected chi connectivity index (χ1v) is 6.32. The fourth-order valence-electron chi connectivity index (χ4n) is 2.36. The van der Waals surface area contributed by atoms with Gasteiger partial charge in [0.15, 0.2) is 0 Å². The van der Waals surface area contributed by atoms with Gasteiger partial charge in [0.25, 0.3) is 0 Å². The number of nitrogens with zero attached hydrogens (tertiary/aromatic N) is 1. The van der Waals surface area contributed by atoms with E-state index in [1.807, 2.05) is 0 Å². The Bertz CT molecular complexity index is 339. The molecule has 0 bridgehead atoms. The highest BCUT2D eigenvalue weighted by atomic mass is 16.5. The van der Waals surface area contributed by atoms with Gasteiger partial charge in [-0.25, -0.2) is 0 Å². The number of ether oxygens (including phenoxy) is 1. The maximum absolute atomic E-state index is 11.9. The van der Waals surface area contributed by atoms with Gasteiger partial charge in [-0.3, -0.25) is 9.59 Å². The summed E-state index contributed by atoms with van der Waals surface area (Å²) in [5.41, 5.74) is -0.859. The van der Waals surface area contributed by atoms with Gasteiger partial charge >= 0.3 is 0 Å². The molecule has 0 aromatic heterocycles. The summed E-state index contributed by atoms with van der Waals surface area (Å²) in [5, 5.41) is 12.9. The fourth-order valence-corrected chi connectivity index (χ4v) is 2.36. The van der Waals surface area contributed by atoms with Gasteiger partial charge in [-0.05, 0) is 0 Å². The smallest absolute Gasteiger partial charge is 0.225 e. The summed E-state index contributed by atoms with van der Waals surface area (Å²) < 4.78 is 5.18. The maximum Gasteiger partial charge on any atom is 0.225 e. The van der Waals surface area contributed by atoms with Crippen LogP contribution in [0.25, 0.3) is 0 Å². The molecule has 2 saturated heterocycles. The fraction of sp³-hybridized carbons (Fsp3) is 0.833. The Morgan fingerprint density at radius 3 is 2.78 bits per heavy atom. The Morgan fingerprint density at radius 2 is 2.22 bits per heavy atom. The number of rotatable bonds is 3. The van der Waals surface area contributed by atoms with Gasteiger partial charge in [0.2, 0.25) is 11.8 Å². The molecule has 1 unspecified atom stereocenters. The Hall–Kier alpha value is -1.14. The molecule has 1 atom stereocenters. The molecule has 0 aliphatic carbocycles. The highest BCUT2D eigenvalue weighted by molar-refractivity contribution is 5.89. The molecule has 0 aromatic rings. The lowest BCUT2D eigenvalue weighted by molar-refractivity contribution is -0.129. The highest BCUT2D eigenvalue weighted by Crippen LogP contribution is 2.20. The molecule has 2 aliphatic heterocycles. The van der Waals surface area contributed by atoms with Gasteiger partial charge in [-0.2, -0.15) is 0 Å². The van der Waals surface area contributed by atoms with Crippen LogP contribution >= 0.6 is 0 Å². The van der Waals surface area contributed by atoms with E-state index in [9.17, 15) is 14.7 Å². The number of carbonyl (C=O) groups is 2. The first kappa shape index (κ1) is 13.3. The molecule has 2 N–H and O–H groups in total. The van der Waals surface area contributed by atoms with Crippen LogP contribution in [0, 0.1) is 5.92 Å². The second-order valence-corrected chi connectivity index (χ2v) is 5.23. The minimum Gasteiger partial charge on any atom is -0.388 e. The van der Waals surface area contributed by atoms with Crippen LogP contribution in [0.15, 0.2) is 0 Å². The zero-order valence-electron chi connectivity index (χ0n) is 10.6. The summed E-state index contributed by atoms with van der Waals surface area (Å²) in [7, 11) is 1.70. The van der Waals surface area contributed by atoms with E-state index in [2.05, 4.69) is 5.32 Å². The third kappa shape index (κ3) is 3.00. The maximum atomic E-state index is 11.9. The molecular formula is C12H20N2O4. The van der Waals surface area contributed by atoms with Gasteiger partial charge in [0.1, 0.15) is 0 Å². The molecule has 0 aromatic carbocycles. The largest absolute Gasteiger partial charge is 0.388 e. The average Bonchev–Trinajstić information content (AvgIpc) is 2.68. The van der Waals surface area contributed by atoms with E-state index in [0.717, 1.165) is 0 Å². The molecule has 6 heteroatoms. The van der Waals surface area contributed by atoms with E-state index in [1.165, 1.54) is 0 Å². The van der Waals surface area contributed by atoms with E-state index in [-0.39, 0.29) is 30.7 Å². The number of hydrogen-bond acceptors (Lipinski definition) is 4. The van der Waals surface area contributed by atoms with Crippen LogP contribution < -0.4 is 5.32 Å². The number of nitrogens with one attached hydrogen (secondary N) is 1. The van der Waals surface area contributed by atoms with Crippen LogP contribution in [0.3, 0.4) is 0 Å². The van der Waals surface area contributed by atoms with Crippen LogP contribution in [0.4, 0.5) is 0 Å². The monoisotopic (exact) mass is 256 g/mol. The second kappa shape index (κ2) is 5.24. The van der Waals surface area contributed by atoms with Crippen LogP contribution in [-0.2, 0) is 14.3 Å². The normalized spacial score (nSPS) is 27.3. The van der Waals surface area contributed by atoms with Crippen molar-refractivity contribution in [2.45, 2.75) is 24.9 Å². The Balaban J connectivity index is 1.79. The molecule has 2 heterocycles. The molecule has 0 radical (unpaired) electrons. The molecule has 2 rings (SSSR count). The first-order chi connectivity index (χ1) is 8.50. The number of hydrogen-bond donors (Lipinski definition) is 2. The minimum atomic E-state index is -0.859. The molecular weight excluding hydrogens is 236 g/mol. The second-order valence-electron chi connectivity index (χ2n) is 5.23. The van der Waals surface area contributed by atoms with Crippen molar-refractivity contribution in [3.05, 3.63) is 0 Å². The first-order valence-electron chi connectivity index (χ1n) is 6.32. The van der Waals surface area contributed by atoms with Gasteiger partial charge in [0.05, 0.1) is 11.5 Å². The summed E-state index contributed by atoms with van der Waals surface area (Å²) in [5.74, 6) is -0.432. The summed E-state index contributed by atoms with van der Waals surface area (Å²) in [6.45, 7) is 1.75. The lowest BCUT2D eigenvalue weighted by atomic mass is 9.94. The predicted molar refractivity (Wildman–Crippen MR) is 63.8 cm³/mol. The van der Waals surface area contributed by atoms with E-state index in [4.69, 9.17) is 4.74 Å². The minimum absolute atomic E-state index is 0.0000666. The van der Waals surface area contributed by atoms with Crippen molar-refractivity contribution in [1.82, 2.24) is 10.2 Å². The van der Waals surface area contributed by atoms with Crippen molar-refractivity contribution < 1.29 is 19.4 Å². The van der Waals surface area contributed by atoms with Crippen molar-refractivity contribution >= 4 is 11.8 Å². The molecule has 18 heavy (non-hydrogen) atoms. The van der Waals surface area contributed by atoms with Crippen LogP contribution in [0.2, 0.25) is 0 Å². The molecule has 102 valence electrons. The van der Waals surface area contributed by atoms with Crippen molar-refractivity contribution in [3.8, 4) is 0 Å². The van der Waals surface area contributed by atoms with E-state index in [1.54, 1.807) is 11.9 Å². The molecule has 2 amide bonds. The summed E-state index contributed by atoms with van der Waals surface area (Å²) in [4.78, 5) is 24.8. The van der Waals surface area contributed by atoms with E-state index in [0.29, 0.717) is 32.6 Å². The van der Waals surface area contributed by atoms with Gasteiger partial charge < -0.3 is 20.1 Å². The van der Waals surface area contributed by atoms with Crippen molar-refractivity contribution in [2.24, 2.45) is 5.92 Å². The molecule has 2 fully saturated rings. The van der Waals surface area contributed by atoms with Gasteiger partial charge in [-0.1, -0.05) is 0 Å². The molecule has 2 aliphatic rings. The Labute approximate surface area is 106 Å². The summed E-state index contributed by atoms with van der Waals surface area (Å²) in [6.07, 6.45) is 1.34. The molecule has 0 saturated carbocycles. The van der Waals surface area contributed by atoms with Gasteiger partial charge in [-0.15, -0.1) is 0 Å². The third-order valence-corrected chi connectivity index (χ3v) is 3.73. The summed E-state index contributed by atoms with van der Waals surface area (Å²) >= 11 is 0. The lowest BCUT2D eigenvalue weighted by Gasteiger charge is -2.32. The predicted octanol–water partition coefficient (Wildman–Crippen LogP) is -0.878. The molecule has 6 nitrogen and oxygen atoms in total. The number of carbonyl (C=O) groups excluding carboxylic acids is 2. The summed E-state index contributed by atoms with van der Waals surface area (Å²) in [6, 6.07) is 0. The highest BCUT2D eigenvalue weighted by Gasteiger charge is 2.34. The Kier molecular flexibility index (Phi) is 3.87. The average molecular weight is 256 g/mol. The van der Waals surface area contributed by atoms with Crippen molar-refractivity contribution in [3.63, 3.8) is 0 Å². The Morgan fingerprint density at radius 1 is 1.56 bits per heavy atom. The van der Waals surface area contributed by atoms with E-state index >= 15 is 0 Å². The zero-order valence-corrected chi connectivity index (χ0v) is 10.6. The molecule has 0 spiro atoms. The van der Waals surface area contributed by atoms with Crippen LogP contribution in [0.1, 0.15) is 19.3 Å². The topological polar surface area (TPSA) is 78.9 Å². The standard InChI is InChI=1S/C12H20N2O4/c1-14-7-9(6-10(14)15)11(16)13-8-12(17)2-4-18-5-3-12/h9,17H,2-8H2,1H3,(H,13,16). The SMILES string of the molecule is CN1CC(C(=O)NCC2(O)CCOCC2)CC1=O. The third-order valence-electron chi connectivity index (χ3n) is 3.73. The number of likely N-dealkylation sites (tertiary alicyclic amines) is 1. The number of amides is 2. The lowest BCUT2D eigenvalue weighted by Crippen LogP contribution is -2.48. The van der Waals surface area contributed by atoms with Crippen molar-refractivity contribution in [1.29, 1.82) is 0 Å². The number of aliphatic hydroxyl groups is 1. The van der Waals surface area contributed by atoms with Crippen LogP contribution in [-0.4, -0.2) is 60.8 Å². The van der Waals surface area contributed by atoms with E-state index < -0.39 is 5.60 Å². The zero-order chi connectivity index (χ0) is 13.2. The van der Waals surface area contributed by atoms with Gasteiger partial charge in [0, 0.05) is 52.6 Å². The quantitative estimate of drug-likeness (QED) is 0.687. The van der Waals surface area contributed by atoms with Crippen molar-refractivity contribution in [2.75, 3.05) is 33.4 Å². The van der Waals surface area contributed by atoms with Crippen LogP contribution in [0.5, 0.6) is 0 Å².